The van der Waals surface area contributed by atoms with E-state index in [1.54, 1.807) is 23.9 Å². The monoisotopic (exact) mass is 545 g/mol. The van der Waals surface area contributed by atoms with Gasteiger partial charge in [-0.3, -0.25) is 4.79 Å². The summed E-state index contributed by atoms with van der Waals surface area (Å²) in [5.41, 5.74) is 0.00772. The zero-order valence-electron chi connectivity index (χ0n) is 20.3. The molecule has 0 saturated carbocycles. The van der Waals surface area contributed by atoms with E-state index in [0.29, 0.717) is 12.0 Å². The molecule has 2 unspecified atom stereocenters. The van der Waals surface area contributed by atoms with Crippen molar-refractivity contribution in [3.63, 3.8) is 0 Å². The average molecular weight is 546 g/mol. The number of rotatable bonds is 7. The molecule has 1 aliphatic rings. The second kappa shape index (κ2) is 11.5. The summed E-state index contributed by atoms with van der Waals surface area (Å²) in [5, 5.41) is 0. The Morgan fingerprint density at radius 3 is 1.84 bits per heavy atom. The van der Waals surface area contributed by atoms with E-state index in [4.69, 9.17) is 0 Å². The molecule has 5 rings (SSSR count). The first-order chi connectivity index (χ1) is 18.4. The minimum Gasteiger partial charge on any atom is -0.294 e. The van der Waals surface area contributed by atoms with Gasteiger partial charge in [-0.25, -0.2) is 0 Å². The van der Waals surface area contributed by atoms with Crippen LogP contribution >= 0.6 is 11.8 Å². The van der Waals surface area contributed by atoms with Crippen molar-refractivity contribution in [2.75, 3.05) is 0 Å². The molecule has 0 aliphatic heterocycles. The molecule has 0 aromatic heterocycles. The van der Waals surface area contributed by atoms with E-state index in [-0.39, 0.29) is 11.7 Å². The minimum atomic E-state index is -4.39. The standard InChI is InChI=1S/C32H24F3OS2/c33-32(34,35)25-13-19-29(20-14-25)38(30-21-15-27(16-22-30)37-26-9-5-2-6-10-26)28-17-11-24(12-18-28)31(36)23-7-3-1-4-8-23/h1-11,13-22,24H,12H2/q+1. The molecule has 2 atom stereocenters. The topological polar surface area (TPSA) is 17.1 Å². The fourth-order valence-corrected chi connectivity index (χ4v) is 7.17. The maximum atomic E-state index is 13.2. The number of alkyl halides is 3. The summed E-state index contributed by atoms with van der Waals surface area (Å²) in [6, 6.07) is 32.9. The van der Waals surface area contributed by atoms with Gasteiger partial charge in [-0.15, -0.1) is 0 Å². The van der Waals surface area contributed by atoms with Gasteiger partial charge in [-0.2, -0.15) is 13.2 Å². The maximum absolute atomic E-state index is 13.2. The molecule has 0 N–H and O–H groups in total. The number of hydrogen-bond acceptors (Lipinski definition) is 2. The van der Waals surface area contributed by atoms with Crippen molar-refractivity contribution < 1.29 is 18.0 Å². The van der Waals surface area contributed by atoms with Gasteiger partial charge in [0.25, 0.3) is 0 Å². The molecular formula is C32H24F3OS2+. The lowest BCUT2D eigenvalue weighted by molar-refractivity contribution is -0.137. The van der Waals surface area contributed by atoms with Gasteiger partial charge in [0, 0.05) is 21.3 Å². The molecule has 4 aromatic carbocycles. The lowest BCUT2D eigenvalue weighted by Gasteiger charge is -2.16. The summed E-state index contributed by atoms with van der Waals surface area (Å²) >= 11 is 1.66. The second-order valence-electron chi connectivity index (χ2n) is 8.75. The predicted molar refractivity (Wildman–Crippen MR) is 148 cm³/mol. The van der Waals surface area contributed by atoms with Gasteiger partial charge >= 0.3 is 6.18 Å². The molecule has 0 heterocycles. The van der Waals surface area contributed by atoms with Gasteiger partial charge < -0.3 is 0 Å². The van der Waals surface area contributed by atoms with Crippen LogP contribution in [-0.2, 0) is 17.1 Å². The molecule has 0 fully saturated rings. The van der Waals surface area contributed by atoms with Crippen LogP contribution < -0.4 is 0 Å². The van der Waals surface area contributed by atoms with Crippen molar-refractivity contribution in [1.29, 1.82) is 0 Å². The molecule has 0 radical (unpaired) electrons. The largest absolute Gasteiger partial charge is 0.416 e. The number of allylic oxidation sites excluding steroid dienone is 3. The molecule has 1 aliphatic carbocycles. The predicted octanol–water partition coefficient (Wildman–Crippen LogP) is 9.24. The fraction of sp³-hybridized carbons (Fsp3) is 0.0938. The first-order valence-corrected chi connectivity index (χ1v) is 14.1. The Hall–Kier alpha value is -3.48. The minimum absolute atomic E-state index is 0.0638. The quantitative estimate of drug-likeness (QED) is 0.170. The summed E-state index contributed by atoms with van der Waals surface area (Å²) in [5.74, 6) is -0.197. The average Bonchev–Trinajstić information content (AvgIpc) is 2.95. The van der Waals surface area contributed by atoms with Gasteiger partial charge in [0.05, 0.1) is 16.5 Å². The van der Waals surface area contributed by atoms with Crippen LogP contribution in [0.25, 0.3) is 0 Å². The Kier molecular flexibility index (Phi) is 7.91. The third-order valence-electron chi connectivity index (χ3n) is 6.15. The third-order valence-corrected chi connectivity index (χ3v) is 9.43. The molecule has 0 amide bonds. The van der Waals surface area contributed by atoms with Crippen LogP contribution in [-0.4, -0.2) is 5.78 Å². The van der Waals surface area contributed by atoms with Gasteiger partial charge in [-0.05, 0) is 79.2 Å². The van der Waals surface area contributed by atoms with Crippen molar-refractivity contribution >= 4 is 28.4 Å². The van der Waals surface area contributed by atoms with E-state index in [9.17, 15) is 18.0 Å². The van der Waals surface area contributed by atoms with Crippen molar-refractivity contribution in [3.05, 3.63) is 143 Å². The number of carbonyl (C=O) groups excluding carboxylic acids is 1. The van der Waals surface area contributed by atoms with Crippen LogP contribution in [0.1, 0.15) is 22.3 Å². The van der Waals surface area contributed by atoms with Crippen LogP contribution in [0.4, 0.5) is 13.2 Å². The SMILES string of the molecule is O=C(c1ccccc1)C1C=CC([S+](c2ccc(Sc3ccccc3)cc2)c2ccc(C(F)(F)F)cc2)=CC1. The Labute approximate surface area is 227 Å². The number of hydrogen-bond donors (Lipinski definition) is 0. The van der Waals surface area contributed by atoms with Crippen LogP contribution in [0.3, 0.4) is 0 Å². The number of ketones is 1. The molecule has 1 nitrogen and oxygen atoms in total. The summed E-state index contributed by atoms with van der Waals surface area (Å²) in [6.07, 6.45) is 2.10. The number of Topliss-reactive ketones (excluding diaryl/α,β-unsaturated/α-hetero) is 1. The molecule has 4 aromatic rings. The van der Waals surface area contributed by atoms with Gasteiger partial charge in [0.1, 0.15) is 0 Å². The molecule has 0 bridgehead atoms. The highest BCUT2D eigenvalue weighted by Crippen LogP contribution is 2.38. The lowest BCUT2D eigenvalue weighted by Crippen LogP contribution is -2.16. The Morgan fingerprint density at radius 1 is 0.737 bits per heavy atom. The first-order valence-electron chi connectivity index (χ1n) is 12.1. The molecular weight excluding hydrogens is 521 g/mol. The van der Waals surface area contributed by atoms with E-state index >= 15 is 0 Å². The lowest BCUT2D eigenvalue weighted by atomic mass is 9.92. The Balaban J connectivity index is 1.43. The highest BCUT2D eigenvalue weighted by atomic mass is 32.2. The van der Waals surface area contributed by atoms with E-state index in [0.717, 1.165) is 36.6 Å². The molecule has 190 valence electrons. The van der Waals surface area contributed by atoms with Crippen LogP contribution in [0.15, 0.2) is 152 Å². The van der Waals surface area contributed by atoms with E-state index < -0.39 is 22.6 Å². The Morgan fingerprint density at radius 2 is 1.29 bits per heavy atom. The molecule has 0 saturated heterocycles. The van der Waals surface area contributed by atoms with E-state index in [1.807, 2.05) is 84.9 Å². The normalized spacial score (nSPS) is 16.1. The van der Waals surface area contributed by atoms with Gasteiger partial charge in [-0.1, -0.05) is 66.4 Å². The zero-order valence-corrected chi connectivity index (χ0v) is 21.9. The van der Waals surface area contributed by atoms with Gasteiger partial charge in [0.15, 0.2) is 20.5 Å². The summed E-state index contributed by atoms with van der Waals surface area (Å²) in [7, 11) is -0.614. The number of halogens is 3. The number of carbonyl (C=O) groups is 1. The molecule has 6 heteroatoms. The molecule has 0 spiro atoms. The van der Waals surface area contributed by atoms with E-state index in [1.165, 1.54) is 0 Å². The third kappa shape index (κ3) is 6.14. The number of benzene rings is 4. The van der Waals surface area contributed by atoms with Crippen molar-refractivity contribution in [2.45, 2.75) is 32.2 Å². The second-order valence-corrected chi connectivity index (χ2v) is 11.9. The van der Waals surface area contributed by atoms with Crippen LogP contribution in [0.2, 0.25) is 0 Å². The first kappa shape index (κ1) is 26.1. The maximum Gasteiger partial charge on any atom is 0.416 e. The summed E-state index contributed by atoms with van der Waals surface area (Å²) in [6.45, 7) is 0. The summed E-state index contributed by atoms with van der Waals surface area (Å²) < 4.78 is 39.7. The van der Waals surface area contributed by atoms with Gasteiger partial charge in [0.2, 0.25) is 0 Å². The van der Waals surface area contributed by atoms with Crippen molar-refractivity contribution in [3.8, 4) is 0 Å². The van der Waals surface area contributed by atoms with Crippen LogP contribution in [0.5, 0.6) is 0 Å². The fourth-order valence-electron chi connectivity index (χ4n) is 4.22. The molecule has 38 heavy (non-hydrogen) atoms. The highest BCUT2D eigenvalue weighted by molar-refractivity contribution is 8.01. The summed E-state index contributed by atoms with van der Waals surface area (Å²) in [4.78, 5) is 18.0. The van der Waals surface area contributed by atoms with Crippen LogP contribution in [0, 0.1) is 5.92 Å². The van der Waals surface area contributed by atoms with Crippen molar-refractivity contribution in [2.24, 2.45) is 5.92 Å². The van der Waals surface area contributed by atoms with E-state index in [2.05, 4.69) is 18.2 Å². The van der Waals surface area contributed by atoms with Crippen molar-refractivity contribution in [1.82, 2.24) is 0 Å². The highest BCUT2D eigenvalue weighted by Gasteiger charge is 2.35. The smallest absolute Gasteiger partial charge is 0.294 e. The zero-order chi connectivity index (χ0) is 26.5. The Bertz CT molecular complexity index is 1440.